The molecule has 0 radical (unpaired) electrons. The molecule has 0 aliphatic carbocycles. The molecule has 0 fully saturated rings. The van der Waals surface area contributed by atoms with E-state index in [1.807, 2.05) is 27.0 Å². The average molecular weight is 437 g/mol. The van der Waals surface area contributed by atoms with Crippen molar-refractivity contribution in [3.8, 4) is 0 Å². The van der Waals surface area contributed by atoms with Crippen LogP contribution < -0.4 is 10.6 Å². The number of guanidine groups is 1. The first-order valence-corrected chi connectivity index (χ1v) is 8.00. The summed E-state index contributed by atoms with van der Waals surface area (Å²) in [6, 6.07) is 0. The first-order chi connectivity index (χ1) is 9.58. The fourth-order valence-corrected chi connectivity index (χ4v) is 3.39. The van der Waals surface area contributed by atoms with Crippen LogP contribution in [0.2, 0.25) is 0 Å². The Kier molecular flexibility index (Phi) is 7.53. The van der Waals surface area contributed by atoms with Crippen molar-refractivity contribution in [2.75, 3.05) is 7.05 Å². The van der Waals surface area contributed by atoms with E-state index in [0.717, 1.165) is 34.8 Å². The molecule has 21 heavy (non-hydrogen) atoms. The maximum atomic E-state index is 4.42. The fraction of sp³-hybridized carbons (Fsp3) is 0.462. The number of thiazole rings is 2. The molecule has 0 spiro atoms. The highest BCUT2D eigenvalue weighted by atomic mass is 127. The number of hydrogen-bond donors (Lipinski definition) is 2. The lowest BCUT2D eigenvalue weighted by Crippen LogP contribution is -2.36. The molecule has 0 aliphatic heterocycles. The molecule has 2 heterocycles. The number of aromatic nitrogens is 2. The number of aliphatic imine (C=N–C) groups is 1. The first-order valence-electron chi connectivity index (χ1n) is 6.37. The Labute approximate surface area is 150 Å². The molecule has 0 unspecified atom stereocenters. The van der Waals surface area contributed by atoms with E-state index in [2.05, 4.69) is 25.6 Å². The Morgan fingerprint density at radius 1 is 1.14 bits per heavy atom. The van der Waals surface area contributed by atoms with Crippen molar-refractivity contribution < 1.29 is 0 Å². The van der Waals surface area contributed by atoms with Gasteiger partial charge in [-0.3, -0.25) is 4.99 Å². The molecular formula is C13H20IN5S2. The number of halogens is 1. The highest BCUT2D eigenvalue weighted by Gasteiger charge is 2.06. The third-order valence-electron chi connectivity index (χ3n) is 2.74. The second-order valence-corrected chi connectivity index (χ2v) is 6.97. The predicted octanol–water partition coefficient (Wildman–Crippen LogP) is 3.01. The lowest BCUT2D eigenvalue weighted by Gasteiger charge is -2.10. The predicted molar refractivity (Wildman–Crippen MR) is 101 cm³/mol. The quantitative estimate of drug-likeness (QED) is 0.439. The minimum Gasteiger partial charge on any atom is -0.351 e. The summed E-state index contributed by atoms with van der Waals surface area (Å²) < 4.78 is 0. The summed E-state index contributed by atoms with van der Waals surface area (Å²) in [6.07, 6.45) is 1.90. The highest BCUT2D eigenvalue weighted by Crippen LogP contribution is 2.16. The van der Waals surface area contributed by atoms with Gasteiger partial charge in [-0.15, -0.1) is 46.7 Å². The van der Waals surface area contributed by atoms with Gasteiger partial charge in [-0.05, 0) is 20.8 Å². The summed E-state index contributed by atoms with van der Waals surface area (Å²) in [5, 5.41) is 8.78. The number of rotatable bonds is 4. The van der Waals surface area contributed by atoms with Crippen molar-refractivity contribution in [2.24, 2.45) is 4.99 Å². The van der Waals surface area contributed by atoms with Gasteiger partial charge in [-0.25, -0.2) is 9.97 Å². The Hall–Kier alpha value is -0.740. The topological polar surface area (TPSA) is 62.2 Å². The maximum Gasteiger partial charge on any atom is 0.191 e. The summed E-state index contributed by atoms with van der Waals surface area (Å²) >= 11 is 3.42. The first kappa shape index (κ1) is 18.3. The number of hydrogen-bond acceptors (Lipinski definition) is 5. The second-order valence-electron chi connectivity index (χ2n) is 4.37. The smallest absolute Gasteiger partial charge is 0.191 e. The zero-order valence-corrected chi connectivity index (χ0v) is 16.5. The number of aryl methyl sites for hydroxylation is 3. The molecule has 5 nitrogen and oxygen atoms in total. The molecular weight excluding hydrogens is 417 g/mol. The van der Waals surface area contributed by atoms with Crippen LogP contribution in [0.15, 0.2) is 11.2 Å². The summed E-state index contributed by atoms with van der Waals surface area (Å²) in [5.41, 5.74) is 1.09. The lowest BCUT2D eigenvalue weighted by molar-refractivity contribution is 0.817. The molecule has 2 N–H and O–H groups in total. The highest BCUT2D eigenvalue weighted by molar-refractivity contribution is 14.0. The SMILES string of the molecule is CN=C(NCc1cnc(C)s1)NCc1sc(C)nc1C.I. The van der Waals surface area contributed by atoms with E-state index < -0.39 is 0 Å². The van der Waals surface area contributed by atoms with Crippen LogP contribution in [0, 0.1) is 20.8 Å². The maximum absolute atomic E-state index is 4.42. The standard InChI is InChI=1S/C13H19N5S2.HI/c1-8-12(20-10(3)18-8)7-17-13(14-4)16-6-11-5-15-9(2)19-11;/h5H,6-7H2,1-4H3,(H2,14,16,17);1H. The van der Waals surface area contributed by atoms with Gasteiger partial charge in [0.15, 0.2) is 5.96 Å². The van der Waals surface area contributed by atoms with Gasteiger partial charge in [-0.1, -0.05) is 0 Å². The van der Waals surface area contributed by atoms with Gasteiger partial charge >= 0.3 is 0 Å². The fourth-order valence-electron chi connectivity index (χ4n) is 1.78. The number of nitrogens with one attached hydrogen (secondary N) is 2. The van der Waals surface area contributed by atoms with E-state index in [-0.39, 0.29) is 24.0 Å². The van der Waals surface area contributed by atoms with Gasteiger partial charge in [0.1, 0.15) is 0 Å². The molecule has 8 heteroatoms. The van der Waals surface area contributed by atoms with Gasteiger partial charge < -0.3 is 10.6 Å². The van der Waals surface area contributed by atoms with Gasteiger partial charge in [0.25, 0.3) is 0 Å². The Bertz CT molecular complexity index is 605. The van der Waals surface area contributed by atoms with E-state index in [0.29, 0.717) is 0 Å². The van der Waals surface area contributed by atoms with Crippen LogP contribution in [-0.4, -0.2) is 23.0 Å². The van der Waals surface area contributed by atoms with Crippen LogP contribution in [0.3, 0.4) is 0 Å². The minimum absolute atomic E-state index is 0. The van der Waals surface area contributed by atoms with Crippen molar-refractivity contribution >= 4 is 52.6 Å². The van der Waals surface area contributed by atoms with Crippen LogP contribution in [0.4, 0.5) is 0 Å². The van der Waals surface area contributed by atoms with Gasteiger partial charge in [-0.2, -0.15) is 0 Å². The summed E-state index contributed by atoms with van der Waals surface area (Å²) in [6.45, 7) is 7.57. The van der Waals surface area contributed by atoms with E-state index >= 15 is 0 Å². The summed E-state index contributed by atoms with van der Waals surface area (Å²) in [5.74, 6) is 0.793. The van der Waals surface area contributed by atoms with Crippen LogP contribution in [0.25, 0.3) is 0 Å². The molecule has 2 rings (SSSR count). The monoisotopic (exact) mass is 437 g/mol. The Morgan fingerprint density at radius 3 is 2.38 bits per heavy atom. The zero-order chi connectivity index (χ0) is 14.5. The zero-order valence-electron chi connectivity index (χ0n) is 12.6. The summed E-state index contributed by atoms with van der Waals surface area (Å²) in [7, 11) is 1.78. The molecule has 0 saturated carbocycles. The molecule has 0 amide bonds. The van der Waals surface area contributed by atoms with Crippen molar-refractivity contribution in [3.63, 3.8) is 0 Å². The molecule has 2 aromatic heterocycles. The largest absolute Gasteiger partial charge is 0.351 e. The van der Waals surface area contributed by atoms with Gasteiger partial charge in [0.2, 0.25) is 0 Å². The van der Waals surface area contributed by atoms with Crippen LogP contribution in [0.1, 0.15) is 25.5 Å². The van der Waals surface area contributed by atoms with E-state index in [1.165, 1.54) is 9.75 Å². The van der Waals surface area contributed by atoms with Crippen LogP contribution in [0.5, 0.6) is 0 Å². The summed E-state index contributed by atoms with van der Waals surface area (Å²) in [4.78, 5) is 15.3. The van der Waals surface area contributed by atoms with E-state index in [4.69, 9.17) is 0 Å². The van der Waals surface area contributed by atoms with Crippen molar-refractivity contribution in [1.82, 2.24) is 20.6 Å². The van der Waals surface area contributed by atoms with Crippen LogP contribution in [-0.2, 0) is 13.1 Å². The third kappa shape index (κ3) is 5.51. The molecule has 0 atom stereocenters. The Balaban J connectivity index is 0.00000220. The van der Waals surface area contributed by atoms with E-state index in [1.54, 1.807) is 29.7 Å². The molecule has 116 valence electrons. The number of nitrogens with zero attached hydrogens (tertiary/aromatic N) is 3. The second kappa shape index (κ2) is 8.64. The van der Waals surface area contributed by atoms with Crippen LogP contribution >= 0.6 is 46.7 Å². The van der Waals surface area contributed by atoms with Gasteiger partial charge in [0, 0.05) is 23.0 Å². The molecule has 0 aromatic carbocycles. The minimum atomic E-state index is 0. The molecule has 2 aromatic rings. The van der Waals surface area contributed by atoms with E-state index in [9.17, 15) is 0 Å². The van der Waals surface area contributed by atoms with Crippen molar-refractivity contribution in [3.05, 3.63) is 31.7 Å². The Morgan fingerprint density at radius 2 is 1.86 bits per heavy atom. The molecule has 0 aliphatic rings. The lowest BCUT2D eigenvalue weighted by atomic mass is 10.4. The molecule has 0 saturated heterocycles. The normalized spacial score (nSPS) is 11.1. The average Bonchev–Trinajstić information content (AvgIpc) is 2.96. The van der Waals surface area contributed by atoms with Crippen molar-refractivity contribution in [1.29, 1.82) is 0 Å². The third-order valence-corrected chi connectivity index (χ3v) is 4.72. The van der Waals surface area contributed by atoms with Crippen molar-refractivity contribution in [2.45, 2.75) is 33.9 Å². The molecule has 0 bridgehead atoms. The van der Waals surface area contributed by atoms with Gasteiger partial charge in [0.05, 0.1) is 28.8 Å².